The van der Waals surface area contributed by atoms with Crippen LogP contribution in [0.15, 0.2) is 47.1 Å². The number of nitro groups is 1. The number of hydrogen-bond donors (Lipinski definition) is 1. The number of pyridine rings is 1. The van der Waals surface area contributed by atoms with Crippen LogP contribution in [0.4, 0.5) is 5.69 Å². The van der Waals surface area contributed by atoms with Crippen LogP contribution in [0.2, 0.25) is 0 Å². The molecule has 98 valence electrons. The molecule has 2 aromatic rings. The molecule has 0 amide bonds. The van der Waals surface area contributed by atoms with Crippen molar-refractivity contribution < 1.29 is 4.92 Å². The van der Waals surface area contributed by atoms with Crippen molar-refractivity contribution in [3.63, 3.8) is 0 Å². The third-order valence-corrected chi connectivity index (χ3v) is 3.44. The van der Waals surface area contributed by atoms with E-state index in [1.807, 2.05) is 30.3 Å². The monoisotopic (exact) mass is 321 g/mol. The van der Waals surface area contributed by atoms with E-state index >= 15 is 0 Å². The van der Waals surface area contributed by atoms with Gasteiger partial charge in [0.1, 0.15) is 6.20 Å². The molecule has 0 radical (unpaired) electrons. The average molecular weight is 322 g/mol. The van der Waals surface area contributed by atoms with Crippen LogP contribution in [0.25, 0.3) is 0 Å². The molecule has 0 saturated carbocycles. The lowest BCUT2D eigenvalue weighted by atomic mass is 10.0. The lowest BCUT2D eigenvalue weighted by Crippen LogP contribution is -2.14. The SMILES string of the molecule is NC(Cc1ncc([N+](=O)[O-])cc1Br)c1ccccc1. The Balaban J connectivity index is 2.18. The predicted molar refractivity (Wildman–Crippen MR) is 75.7 cm³/mol. The summed E-state index contributed by atoms with van der Waals surface area (Å²) in [6, 6.07) is 10.9. The van der Waals surface area contributed by atoms with Crippen molar-refractivity contribution in [2.75, 3.05) is 0 Å². The van der Waals surface area contributed by atoms with Crippen LogP contribution in [0.1, 0.15) is 17.3 Å². The van der Waals surface area contributed by atoms with E-state index in [2.05, 4.69) is 20.9 Å². The van der Waals surface area contributed by atoms with E-state index in [0.717, 1.165) is 5.56 Å². The van der Waals surface area contributed by atoms with E-state index < -0.39 is 4.92 Å². The number of benzene rings is 1. The lowest BCUT2D eigenvalue weighted by molar-refractivity contribution is -0.385. The average Bonchev–Trinajstić information content (AvgIpc) is 2.41. The van der Waals surface area contributed by atoms with E-state index in [1.54, 1.807) is 0 Å². The van der Waals surface area contributed by atoms with Crippen molar-refractivity contribution in [3.8, 4) is 0 Å². The van der Waals surface area contributed by atoms with Gasteiger partial charge >= 0.3 is 0 Å². The van der Waals surface area contributed by atoms with Crippen molar-refractivity contribution in [1.82, 2.24) is 4.98 Å². The summed E-state index contributed by atoms with van der Waals surface area (Å²) >= 11 is 3.29. The standard InChI is InChI=1S/C13H12BrN3O2/c14-11-6-10(17(18)19)8-16-13(11)7-12(15)9-4-2-1-3-5-9/h1-6,8,12H,7,15H2. The first-order chi connectivity index (χ1) is 9.08. The van der Waals surface area contributed by atoms with Crippen LogP contribution in [-0.4, -0.2) is 9.91 Å². The van der Waals surface area contributed by atoms with Gasteiger partial charge in [-0.1, -0.05) is 30.3 Å². The molecule has 0 fully saturated rings. The van der Waals surface area contributed by atoms with Gasteiger partial charge in [0.2, 0.25) is 0 Å². The van der Waals surface area contributed by atoms with E-state index in [-0.39, 0.29) is 11.7 Å². The van der Waals surface area contributed by atoms with Gasteiger partial charge in [0.25, 0.3) is 5.69 Å². The molecule has 1 heterocycles. The van der Waals surface area contributed by atoms with Gasteiger partial charge in [-0.25, -0.2) is 0 Å². The number of rotatable bonds is 4. The molecule has 6 heteroatoms. The van der Waals surface area contributed by atoms with Crippen LogP contribution in [-0.2, 0) is 6.42 Å². The van der Waals surface area contributed by atoms with Crippen LogP contribution >= 0.6 is 15.9 Å². The summed E-state index contributed by atoms with van der Waals surface area (Å²) in [5.41, 5.74) is 7.78. The Morgan fingerprint density at radius 3 is 2.63 bits per heavy atom. The Kier molecular flexibility index (Phi) is 4.24. The minimum atomic E-state index is -0.474. The summed E-state index contributed by atoms with van der Waals surface area (Å²) < 4.78 is 0.605. The molecule has 0 bridgehead atoms. The summed E-state index contributed by atoms with van der Waals surface area (Å²) in [6.45, 7) is 0. The predicted octanol–water partition coefficient (Wildman–Crippen LogP) is 2.99. The summed E-state index contributed by atoms with van der Waals surface area (Å²) in [7, 11) is 0. The van der Waals surface area contributed by atoms with Crippen molar-refractivity contribution in [1.29, 1.82) is 0 Å². The number of halogens is 1. The Morgan fingerprint density at radius 2 is 2.05 bits per heavy atom. The lowest BCUT2D eigenvalue weighted by Gasteiger charge is -2.12. The summed E-state index contributed by atoms with van der Waals surface area (Å²) in [6.07, 6.45) is 1.76. The maximum atomic E-state index is 10.6. The van der Waals surface area contributed by atoms with E-state index in [4.69, 9.17) is 5.73 Å². The molecule has 0 spiro atoms. The van der Waals surface area contributed by atoms with Crippen molar-refractivity contribution in [3.05, 3.63) is 68.4 Å². The minimum absolute atomic E-state index is 0.0380. The molecule has 2 N–H and O–H groups in total. The van der Waals surface area contributed by atoms with E-state index in [0.29, 0.717) is 16.6 Å². The van der Waals surface area contributed by atoms with Gasteiger partial charge in [-0.3, -0.25) is 15.1 Å². The van der Waals surface area contributed by atoms with Crippen LogP contribution in [0.3, 0.4) is 0 Å². The Morgan fingerprint density at radius 1 is 1.37 bits per heavy atom. The van der Waals surface area contributed by atoms with Crippen molar-refractivity contribution in [2.45, 2.75) is 12.5 Å². The molecular formula is C13H12BrN3O2. The van der Waals surface area contributed by atoms with Gasteiger partial charge in [-0.2, -0.15) is 0 Å². The van der Waals surface area contributed by atoms with Gasteiger partial charge in [0.05, 0.1) is 10.6 Å². The summed E-state index contributed by atoms with van der Waals surface area (Å²) in [5, 5.41) is 10.6. The normalized spacial score (nSPS) is 12.1. The number of hydrogen-bond acceptors (Lipinski definition) is 4. The molecule has 19 heavy (non-hydrogen) atoms. The third-order valence-electron chi connectivity index (χ3n) is 2.75. The number of nitrogens with zero attached hydrogens (tertiary/aromatic N) is 2. The van der Waals surface area contributed by atoms with Crippen molar-refractivity contribution >= 4 is 21.6 Å². The number of aromatic nitrogens is 1. The fourth-order valence-corrected chi connectivity index (χ4v) is 2.23. The van der Waals surface area contributed by atoms with Crippen LogP contribution < -0.4 is 5.73 Å². The van der Waals surface area contributed by atoms with Crippen LogP contribution in [0, 0.1) is 10.1 Å². The second-order valence-corrected chi connectivity index (χ2v) is 4.95. The minimum Gasteiger partial charge on any atom is -0.324 e. The second kappa shape index (κ2) is 5.90. The molecule has 0 saturated heterocycles. The molecule has 0 aliphatic rings. The van der Waals surface area contributed by atoms with Crippen LogP contribution in [0.5, 0.6) is 0 Å². The topological polar surface area (TPSA) is 82.0 Å². The highest BCUT2D eigenvalue weighted by atomic mass is 79.9. The van der Waals surface area contributed by atoms with E-state index in [1.165, 1.54) is 12.3 Å². The molecule has 2 rings (SSSR count). The fourth-order valence-electron chi connectivity index (χ4n) is 1.73. The van der Waals surface area contributed by atoms with Gasteiger partial charge in [0, 0.05) is 23.0 Å². The second-order valence-electron chi connectivity index (χ2n) is 4.10. The quantitative estimate of drug-likeness (QED) is 0.693. The first-order valence-corrected chi connectivity index (χ1v) is 6.46. The fraction of sp³-hybridized carbons (Fsp3) is 0.154. The molecule has 1 atom stereocenters. The zero-order valence-electron chi connectivity index (χ0n) is 9.99. The van der Waals surface area contributed by atoms with Gasteiger partial charge in [0.15, 0.2) is 0 Å². The molecule has 1 aromatic heterocycles. The van der Waals surface area contributed by atoms with E-state index in [9.17, 15) is 10.1 Å². The third kappa shape index (κ3) is 3.36. The molecule has 1 unspecified atom stereocenters. The zero-order chi connectivity index (χ0) is 13.8. The molecule has 1 aromatic carbocycles. The Labute approximate surface area is 118 Å². The van der Waals surface area contributed by atoms with Gasteiger partial charge < -0.3 is 5.73 Å². The first kappa shape index (κ1) is 13.6. The molecular weight excluding hydrogens is 310 g/mol. The summed E-state index contributed by atoms with van der Waals surface area (Å²) in [4.78, 5) is 14.3. The summed E-state index contributed by atoms with van der Waals surface area (Å²) in [5.74, 6) is 0. The largest absolute Gasteiger partial charge is 0.324 e. The van der Waals surface area contributed by atoms with Gasteiger partial charge in [-0.15, -0.1) is 0 Å². The first-order valence-electron chi connectivity index (χ1n) is 5.67. The van der Waals surface area contributed by atoms with Crippen molar-refractivity contribution in [2.24, 2.45) is 5.73 Å². The smallest absolute Gasteiger partial charge is 0.288 e. The Bertz CT molecular complexity index is 590. The highest BCUT2D eigenvalue weighted by Crippen LogP contribution is 2.24. The highest BCUT2D eigenvalue weighted by Gasteiger charge is 2.14. The maximum Gasteiger partial charge on any atom is 0.288 e. The highest BCUT2D eigenvalue weighted by molar-refractivity contribution is 9.10. The van der Waals surface area contributed by atoms with Gasteiger partial charge in [-0.05, 0) is 21.5 Å². The molecule has 0 aliphatic carbocycles. The maximum absolute atomic E-state index is 10.6. The number of nitrogens with two attached hydrogens (primary N) is 1. The Hall–Kier alpha value is -1.79. The molecule has 0 aliphatic heterocycles. The molecule has 5 nitrogen and oxygen atoms in total. The zero-order valence-corrected chi connectivity index (χ0v) is 11.6.